The molecule has 0 rings (SSSR count). The van der Waals surface area contributed by atoms with Crippen LogP contribution in [0.15, 0.2) is 0 Å². The van der Waals surface area contributed by atoms with Crippen molar-refractivity contribution in [2.24, 2.45) is 0 Å². The van der Waals surface area contributed by atoms with Crippen LogP contribution >= 0.6 is 0 Å². The fourth-order valence-electron chi connectivity index (χ4n) is 0.553. The Morgan fingerprint density at radius 2 is 1.89 bits per heavy atom. The topological polar surface area (TPSA) is 43.7 Å². The van der Waals surface area contributed by atoms with E-state index in [1.165, 1.54) is 0 Å². The Kier molecular flexibility index (Phi) is 4.98. The van der Waals surface area contributed by atoms with Crippen LogP contribution in [0.1, 0.15) is 6.42 Å². The van der Waals surface area contributed by atoms with E-state index in [0.29, 0.717) is 6.04 Å². The molecule has 0 spiro atoms. The molecule has 0 aromatic rings. The maximum Gasteiger partial charge on any atom is 0.378 e. The highest BCUT2D eigenvalue weighted by Crippen LogP contribution is 1.92. The first-order valence-corrected chi connectivity index (χ1v) is 4.61. The van der Waals surface area contributed by atoms with Gasteiger partial charge in [-0.3, -0.25) is 0 Å². The normalized spacial score (nSPS) is 11.3. The van der Waals surface area contributed by atoms with Gasteiger partial charge in [0.05, 0.1) is 0 Å². The lowest BCUT2D eigenvalue weighted by molar-refractivity contribution is 0.378. The van der Waals surface area contributed by atoms with E-state index >= 15 is 0 Å². The van der Waals surface area contributed by atoms with Crippen LogP contribution in [0, 0.1) is 0 Å². The highest BCUT2D eigenvalue weighted by atomic mass is 28.3. The Balaban J connectivity index is 2.91. The number of hydrogen-bond donors (Lipinski definition) is 2. The van der Waals surface area contributed by atoms with E-state index in [4.69, 9.17) is 9.59 Å². The van der Waals surface area contributed by atoms with Crippen molar-refractivity contribution in [1.82, 2.24) is 4.90 Å². The summed E-state index contributed by atoms with van der Waals surface area (Å²) in [7, 11) is 1.99. The zero-order chi connectivity index (χ0) is 7.28. The van der Waals surface area contributed by atoms with Crippen LogP contribution in [-0.2, 0) is 0 Å². The summed E-state index contributed by atoms with van der Waals surface area (Å²) in [5.74, 6) is 0. The lowest BCUT2D eigenvalue weighted by Crippen LogP contribution is -2.17. The zero-order valence-corrected chi connectivity index (χ0v) is 6.96. The van der Waals surface area contributed by atoms with E-state index < -0.39 is 9.28 Å². The minimum absolute atomic E-state index is 0.572. The molecule has 0 aliphatic carbocycles. The molecule has 0 aromatic heterocycles. The molecule has 4 heteroatoms. The lowest BCUT2D eigenvalue weighted by atomic mass is 10.5. The van der Waals surface area contributed by atoms with Gasteiger partial charge in [-0.1, -0.05) is 0 Å². The molecule has 2 N–H and O–H groups in total. The van der Waals surface area contributed by atoms with Gasteiger partial charge in [0.2, 0.25) is 0 Å². The van der Waals surface area contributed by atoms with Crippen LogP contribution in [-0.4, -0.2) is 44.4 Å². The average Bonchev–Trinajstić information content (AvgIpc) is 1.63. The third-order valence-corrected chi connectivity index (χ3v) is 1.81. The monoisotopic (exact) mass is 148 g/mol. The fraction of sp³-hybridized carbons (Fsp3) is 1.00. The first kappa shape index (κ1) is 9.10. The summed E-state index contributed by atoms with van der Waals surface area (Å²) in [5, 5.41) is 0. The molecule has 0 aliphatic heterocycles. The van der Waals surface area contributed by atoms with Crippen molar-refractivity contribution in [2.45, 2.75) is 12.5 Å². The van der Waals surface area contributed by atoms with Crippen LogP contribution in [0.3, 0.4) is 0 Å². The first-order valence-electron chi connectivity index (χ1n) is 3.01. The molecule has 0 amide bonds. The van der Waals surface area contributed by atoms with Gasteiger partial charge in [-0.05, 0) is 33.1 Å². The molecule has 55 valence electrons. The van der Waals surface area contributed by atoms with Gasteiger partial charge >= 0.3 is 9.28 Å². The number of nitrogens with zero attached hydrogens (tertiary/aromatic N) is 1. The van der Waals surface area contributed by atoms with E-state index in [0.717, 1.165) is 13.0 Å². The minimum Gasteiger partial charge on any atom is -0.410 e. The van der Waals surface area contributed by atoms with Crippen molar-refractivity contribution >= 4 is 9.28 Å². The van der Waals surface area contributed by atoms with Crippen LogP contribution < -0.4 is 0 Å². The summed E-state index contributed by atoms with van der Waals surface area (Å²) in [6, 6.07) is 0.572. The smallest absolute Gasteiger partial charge is 0.378 e. The highest BCUT2D eigenvalue weighted by molar-refractivity contribution is 6.40. The summed E-state index contributed by atoms with van der Waals surface area (Å²) in [4.78, 5) is 19.0. The minimum atomic E-state index is -1.96. The molecule has 0 fully saturated rings. The summed E-state index contributed by atoms with van der Waals surface area (Å²) in [6.45, 7) is 0.940. The third kappa shape index (κ3) is 8.10. The molecule has 0 bridgehead atoms. The molecule has 0 saturated heterocycles. The lowest BCUT2D eigenvalue weighted by Gasteiger charge is -2.07. The molecule has 0 heterocycles. The Labute approximate surface area is 57.8 Å². The molecule has 1 radical (unpaired) electrons. The highest BCUT2D eigenvalue weighted by Gasteiger charge is 2.02. The van der Waals surface area contributed by atoms with Crippen molar-refractivity contribution in [2.75, 3.05) is 20.6 Å². The van der Waals surface area contributed by atoms with Crippen LogP contribution in [0.25, 0.3) is 0 Å². The van der Waals surface area contributed by atoms with Crippen LogP contribution in [0.2, 0.25) is 6.04 Å². The van der Waals surface area contributed by atoms with E-state index in [2.05, 4.69) is 0 Å². The molecule has 0 unspecified atom stereocenters. The van der Waals surface area contributed by atoms with Gasteiger partial charge in [-0.25, -0.2) is 0 Å². The molecule has 3 nitrogen and oxygen atoms in total. The van der Waals surface area contributed by atoms with Crippen LogP contribution in [0.4, 0.5) is 0 Å². The summed E-state index contributed by atoms with van der Waals surface area (Å²) < 4.78 is 0. The van der Waals surface area contributed by atoms with E-state index in [1.54, 1.807) is 0 Å². The SMILES string of the molecule is CN(C)CCC[Si](O)O. The third-order valence-electron chi connectivity index (χ3n) is 1.01. The number of rotatable bonds is 4. The zero-order valence-electron chi connectivity index (χ0n) is 5.96. The summed E-state index contributed by atoms with van der Waals surface area (Å²) in [6.07, 6.45) is 0.883. The molecule has 0 atom stereocenters. The largest absolute Gasteiger partial charge is 0.410 e. The van der Waals surface area contributed by atoms with Crippen molar-refractivity contribution in [1.29, 1.82) is 0 Å². The summed E-state index contributed by atoms with van der Waals surface area (Å²) >= 11 is 0. The van der Waals surface area contributed by atoms with E-state index in [1.807, 2.05) is 19.0 Å². The molecular formula is C5H14NO2Si. The van der Waals surface area contributed by atoms with Crippen molar-refractivity contribution in [3.63, 3.8) is 0 Å². The second kappa shape index (κ2) is 4.93. The van der Waals surface area contributed by atoms with Gasteiger partial charge in [0, 0.05) is 0 Å². The molecule has 0 aliphatic rings. The predicted molar refractivity (Wildman–Crippen MR) is 38.2 cm³/mol. The standard InChI is InChI=1S/C5H14NO2Si/c1-6(2)4-3-5-9(7)8/h7-8H,3-5H2,1-2H3. The van der Waals surface area contributed by atoms with Crippen LogP contribution in [0.5, 0.6) is 0 Å². The van der Waals surface area contributed by atoms with Gasteiger partial charge in [0.25, 0.3) is 0 Å². The van der Waals surface area contributed by atoms with E-state index in [9.17, 15) is 0 Å². The maximum absolute atomic E-state index is 8.50. The second-order valence-corrected chi connectivity index (χ2v) is 3.66. The molecule has 9 heavy (non-hydrogen) atoms. The van der Waals surface area contributed by atoms with Crippen molar-refractivity contribution < 1.29 is 9.59 Å². The molecule has 0 aromatic carbocycles. The quantitative estimate of drug-likeness (QED) is 0.524. The van der Waals surface area contributed by atoms with Crippen molar-refractivity contribution in [3.05, 3.63) is 0 Å². The van der Waals surface area contributed by atoms with Crippen molar-refractivity contribution in [3.8, 4) is 0 Å². The van der Waals surface area contributed by atoms with Gasteiger partial charge in [-0.2, -0.15) is 0 Å². The second-order valence-electron chi connectivity index (χ2n) is 2.32. The van der Waals surface area contributed by atoms with Gasteiger partial charge in [0.1, 0.15) is 0 Å². The maximum atomic E-state index is 8.50. The summed E-state index contributed by atoms with van der Waals surface area (Å²) in [5.41, 5.74) is 0. The fourth-order valence-corrected chi connectivity index (χ4v) is 1.03. The number of hydrogen-bond acceptors (Lipinski definition) is 3. The molecule has 0 saturated carbocycles. The first-order chi connectivity index (χ1) is 4.13. The van der Waals surface area contributed by atoms with Gasteiger partial charge in [-0.15, -0.1) is 0 Å². The predicted octanol–water partition coefficient (Wildman–Crippen LogP) is -0.589. The Morgan fingerprint density at radius 3 is 2.22 bits per heavy atom. The Bertz CT molecular complexity index is 60.0. The van der Waals surface area contributed by atoms with Gasteiger partial charge in [0.15, 0.2) is 0 Å². The molecular weight excluding hydrogens is 134 g/mol. The Hall–Kier alpha value is 0.0969. The van der Waals surface area contributed by atoms with Gasteiger partial charge < -0.3 is 14.5 Å². The van der Waals surface area contributed by atoms with E-state index in [-0.39, 0.29) is 0 Å². The average molecular weight is 148 g/mol. The Morgan fingerprint density at radius 1 is 1.33 bits per heavy atom.